The van der Waals surface area contributed by atoms with E-state index in [1.54, 1.807) is 0 Å². The highest BCUT2D eigenvalue weighted by Gasteiger charge is 2.25. The lowest BCUT2D eigenvalue weighted by atomic mass is 10.1. The van der Waals surface area contributed by atoms with Gasteiger partial charge in [-0.3, -0.25) is 4.79 Å². The highest BCUT2D eigenvalue weighted by Crippen LogP contribution is 2.20. The van der Waals surface area contributed by atoms with E-state index in [0.717, 1.165) is 35.1 Å². The van der Waals surface area contributed by atoms with Crippen molar-refractivity contribution < 1.29 is 4.79 Å². The minimum Gasteiger partial charge on any atom is -0.337 e. The fourth-order valence-corrected chi connectivity index (χ4v) is 2.47. The van der Waals surface area contributed by atoms with Crippen LogP contribution in [0.5, 0.6) is 0 Å². The molecule has 3 nitrogen and oxygen atoms in total. The zero-order chi connectivity index (χ0) is 12.4. The lowest BCUT2D eigenvalue weighted by Gasteiger charge is -2.16. The van der Waals surface area contributed by atoms with Gasteiger partial charge in [-0.1, -0.05) is 22.0 Å². The number of aryl methyl sites for hydroxylation is 1. The first-order valence-electron chi connectivity index (χ1n) is 5.84. The van der Waals surface area contributed by atoms with Gasteiger partial charge >= 0.3 is 0 Å². The van der Waals surface area contributed by atoms with Gasteiger partial charge in [-0.05, 0) is 38.1 Å². The van der Waals surface area contributed by atoms with Crippen LogP contribution in [-0.2, 0) is 0 Å². The molecular weight excluding hydrogens is 316 g/mol. The highest BCUT2D eigenvalue weighted by atomic mass is 79.9. The fraction of sp³-hybridized carbons (Fsp3) is 0.462. The third-order valence-electron chi connectivity index (χ3n) is 3.30. The monoisotopic (exact) mass is 332 g/mol. The van der Waals surface area contributed by atoms with Crippen molar-refractivity contribution in [3.05, 3.63) is 33.8 Å². The maximum absolute atomic E-state index is 12.2. The molecule has 1 N–H and O–H groups in total. The van der Waals surface area contributed by atoms with Crippen molar-refractivity contribution in [1.82, 2.24) is 10.2 Å². The van der Waals surface area contributed by atoms with Crippen LogP contribution >= 0.6 is 28.3 Å². The van der Waals surface area contributed by atoms with Gasteiger partial charge in [-0.25, -0.2) is 0 Å². The molecule has 1 atom stereocenters. The Labute approximate surface area is 122 Å². The number of halogens is 2. The number of likely N-dealkylation sites (tertiary alicyclic amines) is 1. The number of nitrogens with zero attached hydrogens (tertiary/aromatic N) is 1. The van der Waals surface area contributed by atoms with Crippen LogP contribution in [0.25, 0.3) is 0 Å². The van der Waals surface area contributed by atoms with Crippen LogP contribution < -0.4 is 5.32 Å². The van der Waals surface area contributed by atoms with Crippen molar-refractivity contribution in [1.29, 1.82) is 0 Å². The Kier molecular flexibility index (Phi) is 5.63. The van der Waals surface area contributed by atoms with Crippen molar-refractivity contribution in [2.24, 2.45) is 0 Å². The van der Waals surface area contributed by atoms with Gasteiger partial charge in [0.15, 0.2) is 0 Å². The lowest BCUT2D eigenvalue weighted by Crippen LogP contribution is -2.33. The van der Waals surface area contributed by atoms with Gasteiger partial charge in [0.2, 0.25) is 0 Å². The van der Waals surface area contributed by atoms with Gasteiger partial charge in [-0.2, -0.15) is 0 Å². The van der Waals surface area contributed by atoms with Crippen LogP contribution in [0.2, 0.25) is 0 Å². The first kappa shape index (κ1) is 15.5. The van der Waals surface area contributed by atoms with E-state index < -0.39 is 0 Å². The normalized spacial score (nSPS) is 18.6. The smallest absolute Gasteiger partial charge is 0.253 e. The highest BCUT2D eigenvalue weighted by molar-refractivity contribution is 9.10. The summed E-state index contributed by atoms with van der Waals surface area (Å²) in [7, 11) is 1.95. The zero-order valence-corrected chi connectivity index (χ0v) is 13.0. The average Bonchev–Trinajstić information content (AvgIpc) is 2.80. The number of likely N-dealkylation sites (N-methyl/N-ethyl adjacent to an activating group) is 1. The van der Waals surface area contributed by atoms with E-state index in [4.69, 9.17) is 0 Å². The summed E-state index contributed by atoms with van der Waals surface area (Å²) in [5, 5.41) is 3.22. The molecule has 1 aliphatic heterocycles. The van der Waals surface area contributed by atoms with Crippen molar-refractivity contribution >= 4 is 34.2 Å². The second-order valence-corrected chi connectivity index (χ2v) is 5.34. The Morgan fingerprint density at radius 1 is 1.50 bits per heavy atom. The van der Waals surface area contributed by atoms with Crippen LogP contribution in [0.3, 0.4) is 0 Å². The zero-order valence-electron chi connectivity index (χ0n) is 10.6. The van der Waals surface area contributed by atoms with Crippen molar-refractivity contribution in [2.45, 2.75) is 19.4 Å². The van der Waals surface area contributed by atoms with Gasteiger partial charge in [0.1, 0.15) is 0 Å². The summed E-state index contributed by atoms with van der Waals surface area (Å²) in [4.78, 5) is 14.2. The Balaban J connectivity index is 0.00000162. The first-order chi connectivity index (χ1) is 8.11. The number of carbonyl (C=O) groups is 1. The summed E-state index contributed by atoms with van der Waals surface area (Å²) in [6, 6.07) is 6.22. The predicted octanol–water partition coefficient (Wildman–Crippen LogP) is 2.61. The molecule has 0 bridgehead atoms. The molecule has 0 aromatic heterocycles. The summed E-state index contributed by atoms with van der Waals surface area (Å²) >= 11 is 3.47. The second-order valence-electron chi connectivity index (χ2n) is 4.49. The van der Waals surface area contributed by atoms with E-state index in [0.29, 0.717) is 6.04 Å². The first-order valence-corrected chi connectivity index (χ1v) is 6.64. The Bertz CT molecular complexity index is 439. The Morgan fingerprint density at radius 3 is 2.78 bits per heavy atom. The van der Waals surface area contributed by atoms with Crippen LogP contribution in [0, 0.1) is 6.92 Å². The maximum atomic E-state index is 12.2. The molecule has 18 heavy (non-hydrogen) atoms. The van der Waals surface area contributed by atoms with Crippen LogP contribution in [-0.4, -0.2) is 37.0 Å². The molecule has 2 rings (SSSR count). The lowest BCUT2D eigenvalue weighted by molar-refractivity contribution is 0.0789. The third-order valence-corrected chi connectivity index (χ3v) is 4.16. The summed E-state index contributed by atoms with van der Waals surface area (Å²) in [6.45, 7) is 3.67. The standard InChI is InChI=1S/C13H17BrN2O.ClH/c1-9-3-4-10(7-12(9)14)13(17)16-6-5-11(8-16)15-2;/h3-4,7,11,15H,5-6,8H2,1-2H3;1H. The van der Waals surface area contributed by atoms with Crippen LogP contribution in [0.15, 0.2) is 22.7 Å². The Hall–Kier alpha value is -0.580. The number of carbonyl (C=O) groups excluding carboxylic acids is 1. The molecule has 0 radical (unpaired) electrons. The van der Waals surface area contributed by atoms with Crippen molar-refractivity contribution in [3.8, 4) is 0 Å². The molecule has 0 spiro atoms. The molecule has 5 heteroatoms. The SMILES string of the molecule is CNC1CCN(C(=O)c2ccc(C)c(Br)c2)C1.Cl. The summed E-state index contributed by atoms with van der Waals surface area (Å²) in [5.41, 5.74) is 1.91. The number of hydrogen-bond acceptors (Lipinski definition) is 2. The van der Waals surface area contributed by atoms with Crippen LogP contribution in [0.1, 0.15) is 22.3 Å². The van der Waals surface area contributed by atoms with E-state index >= 15 is 0 Å². The number of benzene rings is 1. The van der Waals surface area contributed by atoms with Gasteiger partial charge in [0, 0.05) is 29.2 Å². The quantitative estimate of drug-likeness (QED) is 0.902. The number of hydrogen-bond donors (Lipinski definition) is 1. The largest absolute Gasteiger partial charge is 0.337 e. The predicted molar refractivity (Wildman–Crippen MR) is 79.5 cm³/mol. The maximum Gasteiger partial charge on any atom is 0.253 e. The molecule has 100 valence electrons. The summed E-state index contributed by atoms with van der Waals surface area (Å²) in [5.74, 6) is 0.128. The van der Waals surface area contributed by atoms with E-state index in [-0.39, 0.29) is 18.3 Å². The molecule has 0 saturated carbocycles. The minimum atomic E-state index is 0. The Morgan fingerprint density at radius 2 is 2.22 bits per heavy atom. The second kappa shape index (κ2) is 6.55. The van der Waals surface area contributed by atoms with Gasteiger partial charge in [-0.15, -0.1) is 12.4 Å². The number of amides is 1. The molecule has 1 heterocycles. The van der Waals surface area contributed by atoms with Gasteiger partial charge < -0.3 is 10.2 Å². The molecule has 0 aliphatic carbocycles. The number of nitrogens with one attached hydrogen (secondary N) is 1. The summed E-state index contributed by atoms with van der Waals surface area (Å²) < 4.78 is 0.993. The molecule has 1 amide bonds. The molecular formula is C13H18BrClN2O. The van der Waals surface area contributed by atoms with Crippen molar-refractivity contribution in [3.63, 3.8) is 0 Å². The average molecular weight is 334 g/mol. The van der Waals surface area contributed by atoms with Crippen LogP contribution in [0.4, 0.5) is 0 Å². The molecule has 1 fully saturated rings. The van der Waals surface area contributed by atoms with E-state index in [1.165, 1.54) is 0 Å². The van der Waals surface area contributed by atoms with Gasteiger partial charge in [0.25, 0.3) is 5.91 Å². The van der Waals surface area contributed by atoms with E-state index in [2.05, 4.69) is 21.2 Å². The molecule has 1 aliphatic rings. The van der Waals surface area contributed by atoms with E-state index in [1.807, 2.05) is 37.1 Å². The third kappa shape index (κ3) is 3.25. The topological polar surface area (TPSA) is 32.3 Å². The molecule has 1 unspecified atom stereocenters. The molecule has 1 saturated heterocycles. The number of rotatable bonds is 2. The van der Waals surface area contributed by atoms with E-state index in [9.17, 15) is 4.79 Å². The molecule has 1 aromatic carbocycles. The van der Waals surface area contributed by atoms with Crippen molar-refractivity contribution in [2.75, 3.05) is 20.1 Å². The van der Waals surface area contributed by atoms with Gasteiger partial charge in [0.05, 0.1) is 0 Å². The summed E-state index contributed by atoms with van der Waals surface area (Å²) in [6.07, 6.45) is 1.04. The fourth-order valence-electron chi connectivity index (χ4n) is 2.09. The minimum absolute atomic E-state index is 0. The molecule has 1 aromatic rings.